The lowest BCUT2D eigenvalue weighted by Crippen LogP contribution is -2.11. The van der Waals surface area contributed by atoms with Gasteiger partial charge in [-0.2, -0.15) is 0 Å². The molecule has 47 heavy (non-hydrogen) atoms. The summed E-state index contributed by atoms with van der Waals surface area (Å²) in [5.74, 6) is 0. The van der Waals surface area contributed by atoms with Crippen molar-refractivity contribution in [2.45, 2.75) is 0 Å². The molecule has 0 unspecified atom stereocenters. The monoisotopic (exact) mass is 617 g/mol. The summed E-state index contributed by atoms with van der Waals surface area (Å²) in [5.41, 5.74) is 7.40. The van der Waals surface area contributed by atoms with Crippen LogP contribution >= 0.6 is 11.3 Å². The van der Waals surface area contributed by atoms with Crippen LogP contribution in [0.2, 0.25) is 0 Å². The molecule has 0 aliphatic heterocycles. The van der Waals surface area contributed by atoms with E-state index in [0.717, 1.165) is 44.4 Å². The van der Waals surface area contributed by atoms with Gasteiger partial charge in [0, 0.05) is 37.3 Å². The van der Waals surface area contributed by atoms with E-state index in [4.69, 9.17) is 4.42 Å². The molecule has 220 valence electrons. The van der Waals surface area contributed by atoms with E-state index in [9.17, 15) is 0 Å². The number of benzene rings is 8. The molecule has 0 aliphatic carbocycles. The average Bonchev–Trinajstić information content (AvgIpc) is 3.71. The van der Waals surface area contributed by atoms with E-state index in [1.165, 1.54) is 47.5 Å². The number of hydrogen-bond donors (Lipinski definition) is 0. The third-order valence-corrected chi connectivity index (χ3v) is 10.6. The van der Waals surface area contributed by atoms with E-state index in [2.05, 4.69) is 169 Å². The lowest BCUT2D eigenvalue weighted by atomic mass is 9.96. The molecule has 0 amide bonds. The van der Waals surface area contributed by atoms with Crippen LogP contribution in [0, 0.1) is 0 Å². The minimum atomic E-state index is 0.886. The lowest BCUT2D eigenvalue weighted by molar-refractivity contribution is 0.669. The zero-order valence-electron chi connectivity index (χ0n) is 25.4. The molecule has 0 atom stereocenters. The number of furan rings is 1. The summed E-state index contributed by atoms with van der Waals surface area (Å²) in [6, 6.07) is 58.9. The second-order valence-electron chi connectivity index (χ2n) is 12.1. The summed E-state index contributed by atoms with van der Waals surface area (Å²) in [4.78, 5) is 2.45. The van der Waals surface area contributed by atoms with Crippen LogP contribution in [0.25, 0.3) is 74.8 Å². The van der Waals surface area contributed by atoms with E-state index in [1.54, 1.807) is 0 Å². The van der Waals surface area contributed by atoms with Crippen LogP contribution in [-0.4, -0.2) is 0 Å². The molecule has 0 saturated carbocycles. The molecular formula is C44H27NOS. The first-order valence-corrected chi connectivity index (χ1v) is 16.7. The fraction of sp³-hybridized carbons (Fsp3) is 0. The van der Waals surface area contributed by atoms with Gasteiger partial charge in [0.15, 0.2) is 5.58 Å². The Hall–Kier alpha value is -5.90. The minimum Gasteiger partial charge on any atom is -0.454 e. The van der Waals surface area contributed by atoms with Gasteiger partial charge in [0.2, 0.25) is 0 Å². The summed E-state index contributed by atoms with van der Waals surface area (Å²) in [6.07, 6.45) is 0. The number of anilines is 3. The molecule has 3 heteroatoms. The summed E-state index contributed by atoms with van der Waals surface area (Å²) in [7, 11) is 0. The van der Waals surface area contributed by atoms with Crippen LogP contribution in [0.5, 0.6) is 0 Å². The van der Waals surface area contributed by atoms with Gasteiger partial charge in [0.25, 0.3) is 0 Å². The van der Waals surface area contributed by atoms with Gasteiger partial charge in [0.05, 0.1) is 16.1 Å². The molecule has 0 N–H and O–H groups in total. The molecule has 10 aromatic rings. The van der Waals surface area contributed by atoms with E-state index in [-0.39, 0.29) is 0 Å². The second kappa shape index (κ2) is 10.3. The van der Waals surface area contributed by atoms with Gasteiger partial charge in [-0.05, 0) is 63.7 Å². The molecule has 0 saturated heterocycles. The zero-order valence-corrected chi connectivity index (χ0v) is 26.2. The van der Waals surface area contributed by atoms with Crippen LogP contribution in [0.15, 0.2) is 168 Å². The number of fused-ring (bicyclic) bond motifs is 9. The van der Waals surface area contributed by atoms with Crippen molar-refractivity contribution in [1.82, 2.24) is 0 Å². The highest BCUT2D eigenvalue weighted by molar-refractivity contribution is 7.26. The summed E-state index contributed by atoms with van der Waals surface area (Å²) >= 11 is 1.85. The predicted molar refractivity (Wildman–Crippen MR) is 202 cm³/mol. The lowest BCUT2D eigenvalue weighted by Gasteiger charge is -2.28. The first-order valence-electron chi connectivity index (χ1n) is 15.9. The van der Waals surface area contributed by atoms with Crippen LogP contribution in [0.4, 0.5) is 17.1 Å². The van der Waals surface area contributed by atoms with E-state index in [0.29, 0.717) is 0 Å². The predicted octanol–water partition coefficient (Wildman–Crippen LogP) is 13.4. The fourth-order valence-corrected chi connectivity index (χ4v) is 8.49. The van der Waals surface area contributed by atoms with Gasteiger partial charge in [0.1, 0.15) is 5.58 Å². The standard InChI is InChI=1S/C44H27NOS/c1-2-12-28(13-3-1)30-15-10-16-31(26-30)45(39-21-11-20-36-34-19-7-9-23-41(34)47-44(36)39)42-35-25-24-29-14-4-5-17-32(29)37(35)27-38-33-18-6-8-22-40(33)46-43(38)42/h1-27H. The van der Waals surface area contributed by atoms with E-state index in [1.807, 2.05) is 11.3 Å². The van der Waals surface area contributed by atoms with Crippen molar-refractivity contribution in [3.05, 3.63) is 164 Å². The van der Waals surface area contributed by atoms with Crippen molar-refractivity contribution in [2.75, 3.05) is 4.90 Å². The second-order valence-corrected chi connectivity index (χ2v) is 13.1. The molecule has 2 nitrogen and oxygen atoms in total. The number of hydrogen-bond acceptors (Lipinski definition) is 3. The zero-order chi connectivity index (χ0) is 30.9. The Kier molecular flexibility index (Phi) is 5.78. The minimum absolute atomic E-state index is 0.886. The van der Waals surface area contributed by atoms with Gasteiger partial charge in [-0.3, -0.25) is 0 Å². The van der Waals surface area contributed by atoms with Crippen LogP contribution in [-0.2, 0) is 0 Å². The highest BCUT2D eigenvalue weighted by Crippen LogP contribution is 2.51. The Morgan fingerprint density at radius 2 is 1.17 bits per heavy atom. The SMILES string of the molecule is c1ccc(-c2cccc(N(c3c4ccc5ccccc5c4cc4c3oc3ccccc34)c3cccc4c3sc3ccccc34)c2)cc1. The van der Waals surface area contributed by atoms with E-state index >= 15 is 0 Å². The molecule has 0 radical (unpaired) electrons. The smallest absolute Gasteiger partial charge is 0.160 e. The maximum atomic E-state index is 6.88. The van der Waals surface area contributed by atoms with Crippen LogP contribution in [0.1, 0.15) is 0 Å². The first kappa shape index (κ1) is 26.3. The van der Waals surface area contributed by atoms with Crippen LogP contribution in [0.3, 0.4) is 0 Å². The van der Waals surface area contributed by atoms with Gasteiger partial charge in [-0.1, -0.05) is 127 Å². The van der Waals surface area contributed by atoms with Crippen molar-refractivity contribution >= 4 is 92.1 Å². The maximum Gasteiger partial charge on any atom is 0.160 e. The Morgan fingerprint density at radius 1 is 0.447 bits per heavy atom. The van der Waals surface area contributed by atoms with Gasteiger partial charge < -0.3 is 9.32 Å². The van der Waals surface area contributed by atoms with Gasteiger partial charge >= 0.3 is 0 Å². The Labute approximate surface area is 275 Å². The summed E-state index contributed by atoms with van der Waals surface area (Å²) < 4.78 is 9.41. The molecular weight excluding hydrogens is 591 g/mol. The third-order valence-electron chi connectivity index (χ3n) is 9.42. The summed E-state index contributed by atoms with van der Waals surface area (Å²) in [6.45, 7) is 0. The quantitative estimate of drug-likeness (QED) is 0.183. The Bertz CT molecular complexity index is 2810. The largest absolute Gasteiger partial charge is 0.454 e. The number of nitrogens with zero attached hydrogens (tertiary/aromatic N) is 1. The Balaban J connectivity index is 1.39. The number of rotatable bonds is 4. The third kappa shape index (κ3) is 4.04. The number of thiophene rings is 1. The molecule has 0 bridgehead atoms. The topological polar surface area (TPSA) is 16.4 Å². The maximum absolute atomic E-state index is 6.88. The van der Waals surface area contributed by atoms with Gasteiger partial charge in [-0.15, -0.1) is 11.3 Å². The van der Waals surface area contributed by atoms with Crippen molar-refractivity contribution in [1.29, 1.82) is 0 Å². The van der Waals surface area contributed by atoms with Crippen molar-refractivity contribution in [3.63, 3.8) is 0 Å². The molecule has 0 aliphatic rings. The molecule has 10 rings (SSSR count). The highest BCUT2D eigenvalue weighted by atomic mass is 32.1. The molecule has 0 fully saturated rings. The molecule has 2 aromatic heterocycles. The molecule has 0 spiro atoms. The van der Waals surface area contributed by atoms with Crippen molar-refractivity contribution in [2.24, 2.45) is 0 Å². The average molecular weight is 618 g/mol. The highest BCUT2D eigenvalue weighted by Gasteiger charge is 2.25. The first-order chi connectivity index (χ1) is 23.3. The summed E-state index contributed by atoms with van der Waals surface area (Å²) in [5, 5.41) is 9.61. The van der Waals surface area contributed by atoms with Gasteiger partial charge in [-0.25, -0.2) is 0 Å². The molecule has 8 aromatic carbocycles. The fourth-order valence-electron chi connectivity index (χ4n) is 7.28. The van der Waals surface area contributed by atoms with Crippen LogP contribution < -0.4 is 4.90 Å². The van der Waals surface area contributed by atoms with E-state index < -0.39 is 0 Å². The van der Waals surface area contributed by atoms with Crippen molar-refractivity contribution < 1.29 is 4.42 Å². The Morgan fingerprint density at radius 3 is 2.09 bits per heavy atom. The normalized spacial score (nSPS) is 11.8. The van der Waals surface area contributed by atoms with Crippen molar-refractivity contribution in [3.8, 4) is 11.1 Å². The molecule has 2 heterocycles. The number of para-hydroxylation sites is 1.